The lowest BCUT2D eigenvalue weighted by Crippen LogP contribution is -2.60. The maximum absolute atomic E-state index is 16.8. The summed E-state index contributed by atoms with van der Waals surface area (Å²) in [6, 6.07) is 76.7. The first-order valence-electron chi connectivity index (χ1n) is 31.3. The third-order valence-electron chi connectivity index (χ3n) is 21.8. The third-order valence-corrected chi connectivity index (χ3v) is 21.8. The molecule has 1 atom stereocenters. The van der Waals surface area contributed by atoms with Crippen LogP contribution < -0.4 is 0 Å². The average molecular weight is 1130 g/mol. The first-order chi connectivity index (χ1) is 40.5. The smallest absolute Gasteiger partial charge is 0.324 e. The number of rotatable bonds is 14. The van der Waals surface area contributed by atoms with Crippen LogP contribution in [0.3, 0.4) is 0 Å². The summed E-state index contributed by atoms with van der Waals surface area (Å²) < 4.78 is 51.8. The van der Waals surface area contributed by atoms with Crippen LogP contribution in [0.5, 0.6) is 0 Å². The Morgan fingerprint density at radius 1 is 0.341 bits per heavy atom. The summed E-state index contributed by atoms with van der Waals surface area (Å²) in [6.07, 6.45) is 3.10. The second-order valence-corrected chi connectivity index (χ2v) is 27.8. The summed E-state index contributed by atoms with van der Waals surface area (Å²) in [4.78, 5) is 0. The molecule has 0 radical (unpaired) electrons. The van der Waals surface area contributed by atoms with Crippen molar-refractivity contribution in [3.05, 3.63) is 252 Å². The Kier molecular flexibility index (Phi) is 16.0. The zero-order chi connectivity index (χ0) is 60.0. The van der Waals surface area contributed by atoms with Gasteiger partial charge in [-0.15, -0.1) is 0 Å². The van der Waals surface area contributed by atoms with Gasteiger partial charge in [-0.2, -0.15) is 13.2 Å². The van der Waals surface area contributed by atoms with Crippen molar-refractivity contribution in [3.63, 3.8) is 0 Å². The molecule has 436 valence electrons. The van der Waals surface area contributed by atoms with Crippen molar-refractivity contribution < 1.29 is 17.7 Å². The van der Waals surface area contributed by atoms with Crippen LogP contribution >= 0.6 is 0 Å². The van der Waals surface area contributed by atoms with Gasteiger partial charge < -0.3 is 4.48 Å². The molecule has 85 heavy (non-hydrogen) atoms. The fourth-order valence-electron chi connectivity index (χ4n) is 15.0. The highest BCUT2D eigenvalue weighted by atomic mass is 19.4. The van der Waals surface area contributed by atoms with Crippen molar-refractivity contribution in [2.75, 3.05) is 26.2 Å². The highest BCUT2D eigenvalue weighted by Gasteiger charge is 2.68. The van der Waals surface area contributed by atoms with Crippen LogP contribution in [-0.4, -0.2) is 36.8 Å². The minimum Gasteiger partial charge on any atom is -0.324 e. The van der Waals surface area contributed by atoms with Crippen LogP contribution in [0, 0.1) is 10.8 Å². The van der Waals surface area contributed by atoms with E-state index in [0.29, 0.717) is 0 Å². The third kappa shape index (κ3) is 11.0. The van der Waals surface area contributed by atoms with Crippen LogP contribution in [0.4, 0.5) is 13.2 Å². The van der Waals surface area contributed by atoms with E-state index in [1.165, 1.54) is 90.6 Å². The Morgan fingerprint density at radius 2 is 0.635 bits per heavy atom. The van der Waals surface area contributed by atoms with Gasteiger partial charge in [0.15, 0.2) is 0 Å². The molecule has 0 N–H and O–H groups in total. The Labute approximate surface area is 506 Å². The van der Waals surface area contributed by atoms with Crippen LogP contribution in [0.2, 0.25) is 0 Å². The predicted octanol–water partition coefficient (Wildman–Crippen LogP) is 22.3. The molecular weight excluding hydrogens is 1040 g/mol. The molecule has 2 fully saturated rings. The van der Waals surface area contributed by atoms with Crippen LogP contribution in [-0.2, 0) is 21.7 Å². The van der Waals surface area contributed by atoms with Gasteiger partial charge in [-0.1, -0.05) is 294 Å². The number of nitrogens with zero attached hydrogens (tertiary/aromatic N) is 1. The quantitative estimate of drug-likeness (QED) is 0.0952. The molecule has 1 nitrogen and oxygen atoms in total. The van der Waals surface area contributed by atoms with Gasteiger partial charge in [0.05, 0.1) is 26.2 Å². The van der Waals surface area contributed by atoms with Crippen LogP contribution in [0.25, 0.3) is 66.8 Å². The molecule has 0 amide bonds. The zero-order valence-corrected chi connectivity index (χ0v) is 52.0. The molecule has 0 bridgehead atoms. The second-order valence-electron chi connectivity index (χ2n) is 27.8. The van der Waals surface area contributed by atoms with E-state index in [1.807, 2.05) is 38.1 Å². The van der Waals surface area contributed by atoms with Crippen LogP contribution in [0.15, 0.2) is 224 Å². The van der Waals surface area contributed by atoms with Gasteiger partial charge in [-0.25, -0.2) is 0 Å². The van der Waals surface area contributed by atoms with Gasteiger partial charge in [-0.3, -0.25) is 0 Å². The van der Waals surface area contributed by atoms with E-state index >= 15 is 13.2 Å². The zero-order valence-electron chi connectivity index (χ0n) is 52.0. The summed E-state index contributed by atoms with van der Waals surface area (Å²) in [7, 11) is 0. The van der Waals surface area contributed by atoms with Crippen molar-refractivity contribution in [2.45, 2.75) is 136 Å². The predicted molar refractivity (Wildman–Crippen MR) is 353 cm³/mol. The Morgan fingerprint density at radius 3 is 0.953 bits per heavy atom. The molecule has 2 heterocycles. The van der Waals surface area contributed by atoms with E-state index in [4.69, 9.17) is 0 Å². The molecule has 9 aromatic rings. The molecule has 0 saturated carbocycles. The fourth-order valence-corrected chi connectivity index (χ4v) is 15.0. The minimum absolute atomic E-state index is 0.141. The van der Waals surface area contributed by atoms with Gasteiger partial charge in [-0.05, 0) is 142 Å². The van der Waals surface area contributed by atoms with E-state index in [9.17, 15) is 0 Å². The summed E-state index contributed by atoms with van der Waals surface area (Å²) >= 11 is 0. The second kappa shape index (κ2) is 22.9. The van der Waals surface area contributed by atoms with E-state index in [0.717, 1.165) is 62.1 Å². The Balaban J connectivity index is 0.792. The lowest BCUT2D eigenvalue weighted by atomic mass is 9.47. The molecule has 1 unspecified atom stereocenters. The maximum Gasteiger partial charge on any atom is 0.402 e. The van der Waals surface area contributed by atoms with Gasteiger partial charge in [0.2, 0.25) is 0 Å². The van der Waals surface area contributed by atoms with E-state index in [2.05, 4.69) is 199 Å². The van der Waals surface area contributed by atoms with Crippen molar-refractivity contribution in [3.8, 4) is 66.8 Å². The van der Waals surface area contributed by atoms with Crippen molar-refractivity contribution in [1.29, 1.82) is 0 Å². The molecule has 9 aromatic carbocycles. The lowest BCUT2D eigenvalue weighted by Gasteiger charge is -2.56. The molecule has 1 spiro atoms. The van der Waals surface area contributed by atoms with E-state index in [1.54, 1.807) is 56.3 Å². The summed E-state index contributed by atoms with van der Waals surface area (Å²) in [5, 5.41) is 0. The number of hydrogen-bond acceptors (Lipinski definition) is 0. The highest BCUT2D eigenvalue weighted by Crippen LogP contribution is 2.63. The molecular formula is C81H87F3N+. The Hall–Kier alpha value is -7.27. The fraction of sp³-hybridized carbons (Fsp3) is 0.333. The monoisotopic (exact) mass is 1130 g/mol. The lowest BCUT2D eigenvalue weighted by molar-refractivity contribution is -0.938. The summed E-state index contributed by atoms with van der Waals surface area (Å²) in [5.41, 5.74) is 13.0. The Bertz CT molecular complexity index is 3680. The minimum atomic E-state index is -4.67. The van der Waals surface area contributed by atoms with Gasteiger partial charge in [0.1, 0.15) is 5.41 Å². The van der Waals surface area contributed by atoms with Crippen molar-refractivity contribution in [1.82, 2.24) is 0 Å². The molecule has 4 heteroatoms. The van der Waals surface area contributed by atoms with Crippen molar-refractivity contribution in [2.24, 2.45) is 10.8 Å². The first kappa shape index (κ1) is 59.5. The van der Waals surface area contributed by atoms with E-state index in [-0.39, 0.29) is 27.4 Å². The molecule has 0 aliphatic carbocycles. The SMILES string of the molecule is CCC(C)(C)c1ccc(-c2ccc(-c3ccc(-c4ccc(C(c5ccccc5)(C(F)(F)F)C(C)(C)C(C)(C)c5ccc(-c6ccc(-c7ccc(-c8ccc(C9(C(C)(C)C)CC[N+]%10(CCCCC%10)CC9)cc8)cc7)cc6)cc5)cc4)cc3)cc2)cc1. The molecule has 2 aliphatic heterocycles. The van der Waals surface area contributed by atoms with Gasteiger partial charge in [0.25, 0.3) is 0 Å². The number of piperidine rings is 2. The highest BCUT2D eigenvalue weighted by molar-refractivity contribution is 5.76. The molecule has 2 aliphatic rings. The standard InChI is InChI=1S/C81H87F3N/c1-11-76(5,6)70-44-36-66(37-45-70)62-28-20-58(21-29-62)61-26-34-65(35-27-61)69-42-50-74(51-43-69)80(81(82,83)84,73-18-14-12-15-19-73)78(9,10)77(7,8)71-46-38-67(39-47-71)63-30-22-59(23-31-63)60-24-32-64(33-25-60)68-40-48-72(49-41-68)79(75(2,3)4)52-56-85(57-53-79)54-16-13-17-55-85/h12,14-15,18-51H,11,13,16-17,52-57H2,1-10H3/q+1. The van der Waals surface area contributed by atoms with Gasteiger partial charge in [0, 0.05) is 18.3 Å². The number of hydrogen-bond donors (Lipinski definition) is 0. The van der Waals surface area contributed by atoms with Crippen LogP contribution in [0.1, 0.15) is 136 Å². The van der Waals surface area contributed by atoms with Crippen molar-refractivity contribution >= 4 is 0 Å². The van der Waals surface area contributed by atoms with Gasteiger partial charge >= 0.3 is 6.18 Å². The summed E-state index contributed by atoms with van der Waals surface area (Å²) in [6.45, 7) is 27.0. The average Bonchev–Trinajstić information content (AvgIpc) is 0.986. The molecule has 0 aromatic heterocycles. The number of halogens is 3. The topological polar surface area (TPSA) is 0 Å². The normalized spacial score (nSPS) is 16.4. The first-order valence-corrected chi connectivity index (χ1v) is 31.3. The summed E-state index contributed by atoms with van der Waals surface area (Å²) in [5.74, 6) is 0. The molecule has 2 saturated heterocycles. The maximum atomic E-state index is 16.8. The van der Waals surface area contributed by atoms with E-state index < -0.39 is 22.4 Å². The molecule has 11 rings (SSSR count). The number of quaternary nitrogens is 1. The largest absolute Gasteiger partial charge is 0.402 e. The number of alkyl halides is 3. The number of benzene rings is 9.